The summed E-state index contributed by atoms with van der Waals surface area (Å²) in [6, 6.07) is 13.9. The number of amides is 2. The molecule has 0 bridgehead atoms. The summed E-state index contributed by atoms with van der Waals surface area (Å²) >= 11 is 11.9. The van der Waals surface area contributed by atoms with E-state index in [4.69, 9.17) is 23.2 Å². The smallest absolute Gasteiger partial charge is 0.243 e. The summed E-state index contributed by atoms with van der Waals surface area (Å²) in [6.07, 6.45) is 0.714. The van der Waals surface area contributed by atoms with Crippen LogP contribution in [0.1, 0.15) is 45.2 Å². The summed E-state index contributed by atoms with van der Waals surface area (Å²) < 4.78 is 0. The Kier molecular flexibility index (Phi) is 8.12. The van der Waals surface area contributed by atoms with Crippen LogP contribution in [-0.2, 0) is 22.6 Å². The predicted octanol–water partition coefficient (Wildman–Crippen LogP) is 5.26. The van der Waals surface area contributed by atoms with Crippen LogP contribution in [0.3, 0.4) is 0 Å². The number of halogens is 2. The molecule has 0 aliphatic carbocycles. The van der Waals surface area contributed by atoms with Gasteiger partial charge in [-0.3, -0.25) is 9.59 Å². The Morgan fingerprint density at radius 1 is 0.931 bits per heavy atom. The van der Waals surface area contributed by atoms with Gasteiger partial charge < -0.3 is 10.2 Å². The highest BCUT2D eigenvalue weighted by atomic mass is 35.5. The molecule has 2 amide bonds. The van der Waals surface area contributed by atoms with Crippen LogP contribution in [-0.4, -0.2) is 28.3 Å². The second-order valence-electron chi connectivity index (χ2n) is 8.11. The lowest BCUT2D eigenvalue weighted by molar-refractivity contribution is -0.141. The molecule has 1 unspecified atom stereocenters. The molecule has 1 atom stereocenters. The van der Waals surface area contributed by atoms with Crippen LogP contribution in [0.5, 0.6) is 0 Å². The molecule has 156 valence electrons. The van der Waals surface area contributed by atoms with Crippen LogP contribution in [0, 0.1) is 0 Å². The first-order chi connectivity index (χ1) is 13.6. The lowest BCUT2D eigenvalue weighted by atomic mass is 10.0. The standard InChI is InChI=1S/C23H28Cl2N2O2/c1-5-20(22(29)26-23(2,3)4)27(15-17-8-12-19(25)13-9-17)21(28)14-16-6-10-18(24)11-7-16/h6-13,20H,5,14-15H2,1-4H3,(H,26,29). The van der Waals surface area contributed by atoms with E-state index in [1.807, 2.05) is 52.0 Å². The van der Waals surface area contributed by atoms with E-state index in [-0.39, 0.29) is 23.8 Å². The minimum Gasteiger partial charge on any atom is -0.350 e. The molecule has 0 aliphatic rings. The van der Waals surface area contributed by atoms with Gasteiger partial charge in [0, 0.05) is 22.1 Å². The number of benzene rings is 2. The molecule has 0 heterocycles. The van der Waals surface area contributed by atoms with Crippen molar-refractivity contribution in [3.63, 3.8) is 0 Å². The average Bonchev–Trinajstić information content (AvgIpc) is 2.63. The van der Waals surface area contributed by atoms with Gasteiger partial charge in [0.15, 0.2) is 0 Å². The van der Waals surface area contributed by atoms with Crippen molar-refractivity contribution in [1.82, 2.24) is 10.2 Å². The van der Waals surface area contributed by atoms with Gasteiger partial charge in [-0.05, 0) is 62.6 Å². The summed E-state index contributed by atoms with van der Waals surface area (Å²) in [5.41, 5.74) is 1.39. The van der Waals surface area contributed by atoms with Crippen LogP contribution >= 0.6 is 23.2 Å². The Hall–Kier alpha value is -2.04. The first-order valence-electron chi connectivity index (χ1n) is 9.69. The predicted molar refractivity (Wildman–Crippen MR) is 119 cm³/mol. The van der Waals surface area contributed by atoms with Crippen molar-refractivity contribution in [3.8, 4) is 0 Å². The maximum atomic E-state index is 13.2. The van der Waals surface area contributed by atoms with E-state index in [1.54, 1.807) is 29.2 Å². The number of hydrogen-bond donors (Lipinski definition) is 1. The van der Waals surface area contributed by atoms with Crippen LogP contribution in [0.2, 0.25) is 10.0 Å². The summed E-state index contributed by atoms with van der Waals surface area (Å²) in [5.74, 6) is -0.267. The molecule has 0 radical (unpaired) electrons. The Bertz CT molecular complexity index is 827. The fourth-order valence-electron chi connectivity index (χ4n) is 3.04. The molecule has 0 aromatic heterocycles. The Morgan fingerprint density at radius 2 is 1.41 bits per heavy atom. The van der Waals surface area contributed by atoms with Gasteiger partial charge in [0.25, 0.3) is 0 Å². The molecule has 29 heavy (non-hydrogen) atoms. The van der Waals surface area contributed by atoms with E-state index in [1.165, 1.54) is 0 Å². The van der Waals surface area contributed by atoms with E-state index < -0.39 is 6.04 Å². The van der Waals surface area contributed by atoms with Gasteiger partial charge in [-0.2, -0.15) is 0 Å². The quantitative estimate of drug-likeness (QED) is 0.645. The normalized spacial score (nSPS) is 12.3. The van der Waals surface area contributed by atoms with Crippen molar-refractivity contribution in [2.75, 3.05) is 0 Å². The van der Waals surface area contributed by atoms with Crippen molar-refractivity contribution in [2.24, 2.45) is 0 Å². The third-order valence-corrected chi connectivity index (χ3v) is 4.92. The van der Waals surface area contributed by atoms with E-state index in [0.717, 1.165) is 11.1 Å². The van der Waals surface area contributed by atoms with Crippen LogP contribution in [0.25, 0.3) is 0 Å². The molecule has 0 spiro atoms. The van der Waals surface area contributed by atoms with Gasteiger partial charge in [0.1, 0.15) is 6.04 Å². The Balaban J connectivity index is 2.29. The minimum atomic E-state index is -0.565. The minimum absolute atomic E-state index is 0.113. The van der Waals surface area contributed by atoms with Crippen molar-refractivity contribution < 1.29 is 9.59 Å². The summed E-state index contributed by atoms with van der Waals surface area (Å²) in [5, 5.41) is 4.25. The maximum absolute atomic E-state index is 13.2. The second kappa shape index (κ2) is 10.1. The molecule has 6 heteroatoms. The van der Waals surface area contributed by atoms with Crippen molar-refractivity contribution >= 4 is 35.0 Å². The molecule has 4 nitrogen and oxygen atoms in total. The third kappa shape index (κ3) is 7.37. The molecule has 0 saturated carbocycles. The molecule has 0 saturated heterocycles. The lowest BCUT2D eigenvalue weighted by Crippen LogP contribution is -2.53. The molecule has 2 rings (SSSR count). The van der Waals surface area contributed by atoms with Crippen molar-refractivity contribution in [2.45, 2.75) is 58.7 Å². The van der Waals surface area contributed by atoms with E-state index >= 15 is 0 Å². The highest BCUT2D eigenvalue weighted by Crippen LogP contribution is 2.18. The van der Waals surface area contributed by atoms with Crippen LogP contribution in [0.4, 0.5) is 0 Å². The lowest BCUT2D eigenvalue weighted by Gasteiger charge is -2.33. The van der Waals surface area contributed by atoms with Gasteiger partial charge in [-0.25, -0.2) is 0 Å². The van der Waals surface area contributed by atoms with Crippen LogP contribution in [0.15, 0.2) is 48.5 Å². The molecule has 0 fully saturated rings. The molecule has 1 N–H and O–H groups in total. The number of carbonyl (C=O) groups excluding carboxylic acids is 2. The molecule has 2 aromatic carbocycles. The SMILES string of the molecule is CCC(C(=O)NC(C)(C)C)N(Cc1ccc(Cl)cc1)C(=O)Cc1ccc(Cl)cc1. The zero-order chi connectivity index (χ0) is 21.6. The Labute approximate surface area is 183 Å². The topological polar surface area (TPSA) is 49.4 Å². The molecule has 2 aromatic rings. The zero-order valence-electron chi connectivity index (χ0n) is 17.3. The van der Waals surface area contributed by atoms with Gasteiger partial charge in [-0.1, -0.05) is 54.4 Å². The summed E-state index contributed by atoms with van der Waals surface area (Å²) in [7, 11) is 0. The maximum Gasteiger partial charge on any atom is 0.243 e. The molecular weight excluding hydrogens is 407 g/mol. The highest BCUT2D eigenvalue weighted by molar-refractivity contribution is 6.30. The average molecular weight is 435 g/mol. The summed E-state index contributed by atoms with van der Waals surface area (Å²) in [4.78, 5) is 27.8. The fraction of sp³-hybridized carbons (Fsp3) is 0.391. The van der Waals surface area contributed by atoms with Gasteiger partial charge in [0.05, 0.1) is 6.42 Å². The highest BCUT2D eigenvalue weighted by Gasteiger charge is 2.30. The number of nitrogens with one attached hydrogen (secondary N) is 1. The molecule has 0 aliphatic heterocycles. The number of carbonyl (C=O) groups is 2. The van der Waals surface area contributed by atoms with Gasteiger partial charge in [0.2, 0.25) is 11.8 Å². The summed E-state index contributed by atoms with van der Waals surface area (Å²) in [6.45, 7) is 8.03. The number of nitrogens with zero attached hydrogens (tertiary/aromatic N) is 1. The van der Waals surface area contributed by atoms with E-state index in [0.29, 0.717) is 23.0 Å². The molecular formula is C23H28Cl2N2O2. The van der Waals surface area contributed by atoms with Crippen LogP contribution < -0.4 is 5.32 Å². The van der Waals surface area contributed by atoms with E-state index in [9.17, 15) is 9.59 Å². The number of rotatable bonds is 7. The van der Waals surface area contributed by atoms with Crippen molar-refractivity contribution in [3.05, 3.63) is 69.7 Å². The Morgan fingerprint density at radius 3 is 1.86 bits per heavy atom. The largest absolute Gasteiger partial charge is 0.350 e. The first kappa shape index (κ1) is 23.2. The second-order valence-corrected chi connectivity index (χ2v) is 8.99. The van der Waals surface area contributed by atoms with E-state index in [2.05, 4.69) is 5.32 Å². The van der Waals surface area contributed by atoms with Crippen molar-refractivity contribution in [1.29, 1.82) is 0 Å². The zero-order valence-corrected chi connectivity index (χ0v) is 18.8. The van der Waals surface area contributed by atoms with Gasteiger partial charge in [-0.15, -0.1) is 0 Å². The van der Waals surface area contributed by atoms with Gasteiger partial charge >= 0.3 is 0 Å². The third-order valence-electron chi connectivity index (χ3n) is 4.42. The fourth-order valence-corrected chi connectivity index (χ4v) is 3.29. The first-order valence-corrected chi connectivity index (χ1v) is 10.4. The monoisotopic (exact) mass is 434 g/mol. The number of hydrogen-bond acceptors (Lipinski definition) is 2.